The number of piperidine rings is 1. The molecular weight excluding hydrogens is 168 g/mol. The zero-order chi connectivity index (χ0) is 9.10. The molecule has 2 saturated heterocycles. The Bertz CT molecular complexity index is 190. The molecule has 2 aliphatic heterocycles. The van der Waals surface area contributed by atoms with Crippen molar-refractivity contribution >= 4 is 6.09 Å². The SMILES string of the molecule is O=C1NC(CC2CCCCN2)CO1. The highest BCUT2D eigenvalue weighted by Crippen LogP contribution is 2.13. The van der Waals surface area contributed by atoms with Gasteiger partial charge in [0, 0.05) is 6.04 Å². The lowest BCUT2D eigenvalue weighted by atomic mass is 9.99. The first-order valence-corrected chi connectivity index (χ1v) is 5.01. The van der Waals surface area contributed by atoms with Crippen molar-refractivity contribution < 1.29 is 9.53 Å². The third-order valence-electron chi connectivity index (χ3n) is 2.72. The summed E-state index contributed by atoms with van der Waals surface area (Å²) in [6.45, 7) is 1.66. The quantitative estimate of drug-likeness (QED) is 0.661. The number of carbonyl (C=O) groups is 1. The third-order valence-corrected chi connectivity index (χ3v) is 2.72. The van der Waals surface area contributed by atoms with Crippen LogP contribution in [-0.4, -0.2) is 31.3 Å². The molecule has 2 heterocycles. The molecule has 74 valence electrons. The number of nitrogens with one attached hydrogen (secondary N) is 2. The predicted molar refractivity (Wildman–Crippen MR) is 48.5 cm³/mol. The Kier molecular flexibility index (Phi) is 2.68. The van der Waals surface area contributed by atoms with Crippen molar-refractivity contribution in [3.05, 3.63) is 0 Å². The van der Waals surface area contributed by atoms with Gasteiger partial charge in [0.1, 0.15) is 6.61 Å². The van der Waals surface area contributed by atoms with Gasteiger partial charge in [0.25, 0.3) is 0 Å². The number of rotatable bonds is 2. The van der Waals surface area contributed by atoms with E-state index in [9.17, 15) is 4.79 Å². The van der Waals surface area contributed by atoms with Crippen LogP contribution in [0.2, 0.25) is 0 Å². The second-order valence-corrected chi connectivity index (χ2v) is 3.82. The van der Waals surface area contributed by atoms with E-state index in [0.29, 0.717) is 12.6 Å². The fourth-order valence-electron chi connectivity index (χ4n) is 2.02. The highest BCUT2D eigenvalue weighted by atomic mass is 16.6. The Labute approximate surface area is 78.0 Å². The lowest BCUT2D eigenvalue weighted by molar-refractivity contribution is 0.176. The minimum atomic E-state index is -0.263. The van der Waals surface area contributed by atoms with Crippen molar-refractivity contribution in [3.63, 3.8) is 0 Å². The topological polar surface area (TPSA) is 50.4 Å². The maximum atomic E-state index is 10.7. The van der Waals surface area contributed by atoms with Gasteiger partial charge in [0.05, 0.1) is 6.04 Å². The number of hydrogen-bond donors (Lipinski definition) is 2. The van der Waals surface area contributed by atoms with Crippen LogP contribution in [0.15, 0.2) is 0 Å². The fraction of sp³-hybridized carbons (Fsp3) is 0.889. The standard InChI is InChI=1S/C9H16N2O2/c12-9-11-8(6-13-9)5-7-3-1-2-4-10-7/h7-8,10H,1-6H2,(H,11,12). The van der Waals surface area contributed by atoms with Crippen molar-refractivity contribution in [2.45, 2.75) is 37.8 Å². The number of alkyl carbamates (subject to hydrolysis) is 1. The molecule has 0 aromatic rings. The van der Waals surface area contributed by atoms with Crippen LogP contribution in [0, 0.1) is 0 Å². The monoisotopic (exact) mass is 184 g/mol. The van der Waals surface area contributed by atoms with E-state index in [0.717, 1.165) is 13.0 Å². The molecule has 2 aliphatic rings. The zero-order valence-electron chi connectivity index (χ0n) is 7.71. The van der Waals surface area contributed by atoms with Gasteiger partial charge in [-0.1, -0.05) is 6.42 Å². The van der Waals surface area contributed by atoms with Gasteiger partial charge in [0.15, 0.2) is 0 Å². The van der Waals surface area contributed by atoms with Crippen LogP contribution < -0.4 is 10.6 Å². The van der Waals surface area contributed by atoms with Crippen LogP contribution in [-0.2, 0) is 4.74 Å². The first-order chi connectivity index (χ1) is 6.34. The van der Waals surface area contributed by atoms with Gasteiger partial charge in [0.2, 0.25) is 0 Å². The molecule has 2 rings (SSSR count). The summed E-state index contributed by atoms with van der Waals surface area (Å²) in [6.07, 6.45) is 4.56. The van der Waals surface area contributed by atoms with Crippen molar-refractivity contribution in [3.8, 4) is 0 Å². The van der Waals surface area contributed by atoms with Gasteiger partial charge in [-0.15, -0.1) is 0 Å². The van der Waals surface area contributed by atoms with Crippen LogP contribution in [0.4, 0.5) is 4.79 Å². The molecule has 1 amide bonds. The van der Waals surface area contributed by atoms with E-state index in [2.05, 4.69) is 10.6 Å². The smallest absolute Gasteiger partial charge is 0.407 e. The number of amides is 1. The van der Waals surface area contributed by atoms with Crippen LogP contribution in [0.3, 0.4) is 0 Å². The third kappa shape index (κ3) is 2.34. The van der Waals surface area contributed by atoms with E-state index < -0.39 is 0 Å². The number of hydrogen-bond acceptors (Lipinski definition) is 3. The van der Waals surface area contributed by atoms with Crippen LogP contribution in [0.25, 0.3) is 0 Å². The molecule has 4 heteroatoms. The van der Waals surface area contributed by atoms with E-state index in [-0.39, 0.29) is 12.1 Å². The molecular formula is C9H16N2O2. The van der Waals surface area contributed by atoms with Crippen LogP contribution in [0.5, 0.6) is 0 Å². The Balaban J connectivity index is 1.73. The second kappa shape index (κ2) is 3.96. The highest BCUT2D eigenvalue weighted by Gasteiger charge is 2.25. The number of cyclic esters (lactones) is 1. The van der Waals surface area contributed by atoms with Gasteiger partial charge >= 0.3 is 6.09 Å². The molecule has 0 aromatic carbocycles. The maximum Gasteiger partial charge on any atom is 0.407 e. The maximum absolute atomic E-state index is 10.7. The molecule has 0 bridgehead atoms. The molecule has 0 spiro atoms. The summed E-state index contributed by atoms with van der Waals surface area (Å²) < 4.78 is 4.83. The van der Waals surface area contributed by atoms with Crippen molar-refractivity contribution in [1.29, 1.82) is 0 Å². The van der Waals surface area contributed by atoms with Crippen LogP contribution >= 0.6 is 0 Å². The molecule has 2 atom stereocenters. The van der Waals surface area contributed by atoms with Crippen LogP contribution in [0.1, 0.15) is 25.7 Å². The summed E-state index contributed by atoms with van der Waals surface area (Å²) in [5.41, 5.74) is 0. The molecule has 0 aliphatic carbocycles. The molecule has 2 unspecified atom stereocenters. The second-order valence-electron chi connectivity index (χ2n) is 3.82. The van der Waals surface area contributed by atoms with E-state index in [1.807, 2.05) is 0 Å². The number of carbonyl (C=O) groups excluding carboxylic acids is 1. The van der Waals surface area contributed by atoms with Gasteiger partial charge in [-0.3, -0.25) is 0 Å². The lowest BCUT2D eigenvalue weighted by Crippen LogP contribution is -2.40. The summed E-state index contributed by atoms with van der Waals surface area (Å²) in [7, 11) is 0. The zero-order valence-corrected chi connectivity index (χ0v) is 7.71. The molecule has 13 heavy (non-hydrogen) atoms. The van der Waals surface area contributed by atoms with Gasteiger partial charge in [-0.05, 0) is 25.8 Å². The average Bonchev–Trinajstić information content (AvgIpc) is 2.53. The minimum absolute atomic E-state index is 0.225. The Morgan fingerprint density at radius 3 is 2.92 bits per heavy atom. The lowest BCUT2D eigenvalue weighted by Gasteiger charge is -2.24. The largest absolute Gasteiger partial charge is 0.447 e. The van der Waals surface area contributed by atoms with Gasteiger partial charge in [-0.25, -0.2) is 4.79 Å². The molecule has 2 fully saturated rings. The molecule has 2 N–H and O–H groups in total. The van der Waals surface area contributed by atoms with E-state index in [1.165, 1.54) is 19.3 Å². The van der Waals surface area contributed by atoms with E-state index in [1.54, 1.807) is 0 Å². The summed E-state index contributed by atoms with van der Waals surface area (Å²) in [5, 5.41) is 6.25. The average molecular weight is 184 g/mol. The van der Waals surface area contributed by atoms with E-state index in [4.69, 9.17) is 4.74 Å². The summed E-state index contributed by atoms with van der Waals surface area (Å²) in [6, 6.07) is 0.795. The predicted octanol–water partition coefficient (Wildman–Crippen LogP) is 0.627. The Hall–Kier alpha value is -0.770. The summed E-state index contributed by atoms with van der Waals surface area (Å²) in [4.78, 5) is 10.7. The van der Waals surface area contributed by atoms with Crippen molar-refractivity contribution in [1.82, 2.24) is 10.6 Å². The summed E-state index contributed by atoms with van der Waals surface area (Å²) in [5.74, 6) is 0. The Morgan fingerprint density at radius 2 is 2.31 bits per heavy atom. The van der Waals surface area contributed by atoms with Crippen molar-refractivity contribution in [2.75, 3.05) is 13.2 Å². The number of ether oxygens (including phenoxy) is 1. The molecule has 0 saturated carbocycles. The normalized spacial score (nSPS) is 34.0. The molecule has 0 radical (unpaired) electrons. The van der Waals surface area contributed by atoms with E-state index >= 15 is 0 Å². The Morgan fingerprint density at radius 1 is 1.38 bits per heavy atom. The molecule has 0 aromatic heterocycles. The van der Waals surface area contributed by atoms with Gasteiger partial charge < -0.3 is 15.4 Å². The first-order valence-electron chi connectivity index (χ1n) is 5.01. The van der Waals surface area contributed by atoms with Gasteiger partial charge in [-0.2, -0.15) is 0 Å². The fourth-order valence-corrected chi connectivity index (χ4v) is 2.02. The minimum Gasteiger partial charge on any atom is -0.447 e. The highest BCUT2D eigenvalue weighted by molar-refractivity contribution is 5.69. The first kappa shape index (κ1) is 8.81. The van der Waals surface area contributed by atoms with Crippen molar-refractivity contribution in [2.24, 2.45) is 0 Å². The molecule has 4 nitrogen and oxygen atoms in total. The summed E-state index contributed by atoms with van der Waals surface area (Å²) >= 11 is 0.